The molecular formula is C11H10BrNO3. The minimum Gasteiger partial charge on any atom is -0.464 e. The molecule has 2 aromatic rings. The number of halogens is 1. The van der Waals surface area contributed by atoms with Gasteiger partial charge in [-0.2, -0.15) is 0 Å². The number of ether oxygens (including phenoxy) is 1. The van der Waals surface area contributed by atoms with Crippen molar-refractivity contribution in [2.45, 2.75) is 19.8 Å². The molecule has 1 aliphatic rings. The first-order valence-corrected chi connectivity index (χ1v) is 5.81. The zero-order chi connectivity index (χ0) is 11.3. The maximum Gasteiger partial charge on any atom is 0.289 e. The molecule has 0 fully saturated rings. The van der Waals surface area contributed by atoms with E-state index in [2.05, 4.69) is 21.1 Å². The fourth-order valence-corrected chi connectivity index (χ4v) is 2.34. The number of nitrogens with zero attached hydrogens (tertiary/aromatic N) is 1. The Bertz CT molecular complexity index is 543. The standard InChI is InChI=1S/C11H10BrNO3/c1-5-6(2)16-13-10(5)8-4-14-11-7(8)3-9(12)15-11/h3,8H,4H2,1-2H3. The van der Waals surface area contributed by atoms with Gasteiger partial charge < -0.3 is 13.7 Å². The molecule has 1 atom stereocenters. The highest BCUT2D eigenvalue weighted by Crippen LogP contribution is 2.42. The molecule has 1 unspecified atom stereocenters. The fourth-order valence-electron chi connectivity index (χ4n) is 1.95. The lowest BCUT2D eigenvalue weighted by Gasteiger charge is -2.03. The first kappa shape index (κ1) is 9.96. The summed E-state index contributed by atoms with van der Waals surface area (Å²) in [7, 11) is 0. The summed E-state index contributed by atoms with van der Waals surface area (Å²) in [4.78, 5) is 0. The average Bonchev–Trinajstić information content (AvgIpc) is 2.85. The van der Waals surface area contributed by atoms with Gasteiger partial charge in [0, 0.05) is 11.1 Å². The van der Waals surface area contributed by atoms with E-state index in [-0.39, 0.29) is 5.92 Å². The maximum absolute atomic E-state index is 5.47. The van der Waals surface area contributed by atoms with E-state index >= 15 is 0 Å². The van der Waals surface area contributed by atoms with Crippen LogP contribution in [0.4, 0.5) is 0 Å². The number of hydrogen-bond donors (Lipinski definition) is 0. The topological polar surface area (TPSA) is 48.4 Å². The lowest BCUT2D eigenvalue weighted by atomic mass is 9.97. The molecule has 5 heteroatoms. The van der Waals surface area contributed by atoms with Crippen molar-refractivity contribution in [3.8, 4) is 5.95 Å². The molecule has 0 saturated heterocycles. The zero-order valence-corrected chi connectivity index (χ0v) is 10.5. The van der Waals surface area contributed by atoms with Crippen LogP contribution in [0.5, 0.6) is 5.95 Å². The molecule has 0 bridgehead atoms. The molecule has 0 saturated carbocycles. The van der Waals surface area contributed by atoms with Crippen LogP contribution in [0.2, 0.25) is 0 Å². The van der Waals surface area contributed by atoms with Gasteiger partial charge in [-0.3, -0.25) is 0 Å². The minimum absolute atomic E-state index is 0.113. The van der Waals surface area contributed by atoms with Crippen molar-refractivity contribution < 1.29 is 13.7 Å². The van der Waals surface area contributed by atoms with E-state index in [9.17, 15) is 0 Å². The maximum atomic E-state index is 5.47. The predicted octanol–water partition coefficient (Wildman–Crippen LogP) is 3.17. The number of fused-ring (bicyclic) bond motifs is 1. The smallest absolute Gasteiger partial charge is 0.289 e. The van der Waals surface area contributed by atoms with Crippen molar-refractivity contribution in [1.29, 1.82) is 0 Å². The van der Waals surface area contributed by atoms with Gasteiger partial charge in [0.1, 0.15) is 12.4 Å². The van der Waals surface area contributed by atoms with Gasteiger partial charge in [-0.15, -0.1) is 0 Å². The van der Waals surface area contributed by atoms with Crippen molar-refractivity contribution in [3.05, 3.63) is 33.3 Å². The average molecular weight is 284 g/mol. The molecule has 0 amide bonds. The molecule has 4 nitrogen and oxygen atoms in total. The second-order valence-corrected chi connectivity index (χ2v) is 4.69. The van der Waals surface area contributed by atoms with Gasteiger partial charge in [0.15, 0.2) is 4.67 Å². The van der Waals surface area contributed by atoms with Gasteiger partial charge >= 0.3 is 0 Å². The molecule has 3 heterocycles. The Morgan fingerprint density at radius 3 is 2.94 bits per heavy atom. The first-order valence-electron chi connectivity index (χ1n) is 5.01. The van der Waals surface area contributed by atoms with Gasteiger partial charge in [0.2, 0.25) is 0 Å². The second-order valence-electron chi connectivity index (χ2n) is 3.91. The van der Waals surface area contributed by atoms with E-state index in [1.54, 1.807) is 0 Å². The van der Waals surface area contributed by atoms with Crippen LogP contribution in [-0.2, 0) is 0 Å². The molecule has 0 aliphatic carbocycles. The molecule has 0 aromatic carbocycles. The van der Waals surface area contributed by atoms with E-state index in [1.807, 2.05) is 19.9 Å². The van der Waals surface area contributed by atoms with Crippen molar-refractivity contribution in [2.75, 3.05) is 6.61 Å². The molecule has 84 valence electrons. The number of aryl methyl sites for hydroxylation is 1. The molecule has 0 spiro atoms. The van der Waals surface area contributed by atoms with Gasteiger partial charge in [0.25, 0.3) is 5.95 Å². The summed E-state index contributed by atoms with van der Waals surface area (Å²) in [5.74, 6) is 1.55. The Hall–Kier alpha value is -1.23. The van der Waals surface area contributed by atoms with Crippen LogP contribution in [0.3, 0.4) is 0 Å². The fraction of sp³-hybridized carbons (Fsp3) is 0.364. The Kier molecular flexibility index (Phi) is 2.10. The Morgan fingerprint density at radius 2 is 2.25 bits per heavy atom. The molecular weight excluding hydrogens is 274 g/mol. The van der Waals surface area contributed by atoms with E-state index in [0.29, 0.717) is 17.2 Å². The summed E-state index contributed by atoms with van der Waals surface area (Å²) in [6, 6.07) is 1.93. The van der Waals surface area contributed by atoms with E-state index in [1.165, 1.54) is 0 Å². The molecule has 0 N–H and O–H groups in total. The molecule has 2 aromatic heterocycles. The first-order chi connectivity index (χ1) is 7.66. The van der Waals surface area contributed by atoms with Crippen LogP contribution >= 0.6 is 15.9 Å². The molecule has 0 radical (unpaired) electrons. The monoisotopic (exact) mass is 283 g/mol. The minimum atomic E-state index is 0.113. The lowest BCUT2D eigenvalue weighted by molar-refractivity contribution is 0.259. The van der Waals surface area contributed by atoms with Crippen LogP contribution < -0.4 is 4.74 Å². The summed E-state index contributed by atoms with van der Waals surface area (Å²) < 4.78 is 16.7. The van der Waals surface area contributed by atoms with Crippen molar-refractivity contribution in [1.82, 2.24) is 5.16 Å². The highest BCUT2D eigenvalue weighted by molar-refractivity contribution is 9.10. The van der Waals surface area contributed by atoms with Gasteiger partial charge in [-0.1, -0.05) is 5.16 Å². The van der Waals surface area contributed by atoms with Gasteiger partial charge in [0.05, 0.1) is 11.6 Å². The molecule has 1 aliphatic heterocycles. The summed E-state index contributed by atoms with van der Waals surface area (Å²) in [6.45, 7) is 4.48. The van der Waals surface area contributed by atoms with E-state index in [4.69, 9.17) is 13.7 Å². The molecule has 16 heavy (non-hydrogen) atoms. The largest absolute Gasteiger partial charge is 0.464 e. The SMILES string of the molecule is Cc1onc(C2COc3oc(Br)cc32)c1C. The lowest BCUT2D eigenvalue weighted by Crippen LogP contribution is -2.04. The highest BCUT2D eigenvalue weighted by Gasteiger charge is 2.33. The predicted molar refractivity (Wildman–Crippen MR) is 59.7 cm³/mol. The van der Waals surface area contributed by atoms with Crippen molar-refractivity contribution in [3.63, 3.8) is 0 Å². The quantitative estimate of drug-likeness (QED) is 0.807. The van der Waals surface area contributed by atoms with E-state index < -0.39 is 0 Å². The Morgan fingerprint density at radius 1 is 1.44 bits per heavy atom. The Balaban J connectivity index is 2.07. The third-order valence-corrected chi connectivity index (χ3v) is 3.37. The Labute approximate surface area is 101 Å². The zero-order valence-electron chi connectivity index (χ0n) is 8.91. The van der Waals surface area contributed by atoms with Crippen LogP contribution in [0.1, 0.15) is 28.5 Å². The van der Waals surface area contributed by atoms with Gasteiger partial charge in [-0.25, -0.2) is 0 Å². The summed E-state index contributed by atoms with van der Waals surface area (Å²) in [6.07, 6.45) is 0. The second kappa shape index (κ2) is 3.38. The van der Waals surface area contributed by atoms with Crippen LogP contribution in [0.25, 0.3) is 0 Å². The summed E-state index contributed by atoms with van der Waals surface area (Å²) in [5, 5.41) is 4.09. The summed E-state index contributed by atoms with van der Waals surface area (Å²) in [5.41, 5.74) is 3.05. The molecule has 3 rings (SSSR count). The number of rotatable bonds is 1. The highest BCUT2D eigenvalue weighted by atomic mass is 79.9. The van der Waals surface area contributed by atoms with Crippen LogP contribution in [0.15, 0.2) is 19.7 Å². The van der Waals surface area contributed by atoms with Crippen LogP contribution in [-0.4, -0.2) is 11.8 Å². The summed E-state index contributed by atoms with van der Waals surface area (Å²) >= 11 is 3.29. The van der Waals surface area contributed by atoms with Crippen molar-refractivity contribution >= 4 is 15.9 Å². The normalized spacial score (nSPS) is 18.6. The third kappa shape index (κ3) is 1.31. The van der Waals surface area contributed by atoms with E-state index in [0.717, 1.165) is 22.6 Å². The number of furan rings is 1. The van der Waals surface area contributed by atoms with Crippen molar-refractivity contribution in [2.24, 2.45) is 0 Å². The number of hydrogen-bond acceptors (Lipinski definition) is 4. The van der Waals surface area contributed by atoms with Gasteiger partial charge in [-0.05, 0) is 35.8 Å². The third-order valence-electron chi connectivity index (χ3n) is 2.97. The number of aromatic nitrogens is 1. The van der Waals surface area contributed by atoms with Crippen LogP contribution in [0, 0.1) is 13.8 Å².